The van der Waals surface area contributed by atoms with Crippen molar-refractivity contribution in [1.29, 1.82) is 0 Å². The lowest BCUT2D eigenvalue weighted by Crippen LogP contribution is -2.46. The molecule has 0 radical (unpaired) electrons. The summed E-state index contributed by atoms with van der Waals surface area (Å²) in [6.07, 6.45) is 2.51. The molecule has 0 amide bonds. The lowest BCUT2D eigenvalue weighted by atomic mass is 9.73. The van der Waals surface area contributed by atoms with E-state index in [9.17, 15) is 4.79 Å². The molecule has 0 unspecified atom stereocenters. The van der Waals surface area contributed by atoms with Gasteiger partial charge in [0.2, 0.25) is 0 Å². The summed E-state index contributed by atoms with van der Waals surface area (Å²) in [6.45, 7) is 8.97. The maximum atomic E-state index is 12.1. The number of fused-ring (bicyclic) bond motifs is 1. The molecule has 0 bridgehead atoms. The SMILES string of the molecule is COC(=O)[C@@H]1C[C@@H](C(C)(C)C)CN(Cc2cc3cc(Cl)ncc3o2)C1. The van der Waals surface area contributed by atoms with Crippen LogP contribution in [-0.2, 0) is 16.1 Å². The van der Waals surface area contributed by atoms with Gasteiger partial charge in [0.05, 0.1) is 25.8 Å². The lowest BCUT2D eigenvalue weighted by molar-refractivity contribution is -0.149. The number of piperidine rings is 1. The Morgan fingerprint density at radius 3 is 2.84 bits per heavy atom. The number of rotatable bonds is 3. The summed E-state index contributed by atoms with van der Waals surface area (Å²) in [5.74, 6) is 1.06. The molecule has 1 aliphatic rings. The number of methoxy groups -OCH3 is 1. The number of pyridine rings is 1. The predicted octanol–water partition coefficient (Wildman–Crippen LogP) is 4.14. The second-order valence-corrected chi connectivity index (χ2v) is 8.36. The Labute approximate surface area is 153 Å². The van der Waals surface area contributed by atoms with Gasteiger partial charge < -0.3 is 9.15 Å². The van der Waals surface area contributed by atoms with E-state index in [2.05, 4.69) is 30.7 Å². The number of aromatic nitrogens is 1. The van der Waals surface area contributed by atoms with Crippen LogP contribution in [0.15, 0.2) is 22.7 Å². The third kappa shape index (κ3) is 4.15. The van der Waals surface area contributed by atoms with E-state index >= 15 is 0 Å². The minimum absolute atomic E-state index is 0.0940. The summed E-state index contributed by atoms with van der Waals surface area (Å²) in [5, 5.41) is 1.40. The van der Waals surface area contributed by atoms with Gasteiger partial charge in [0.15, 0.2) is 5.58 Å². The van der Waals surface area contributed by atoms with E-state index in [1.165, 1.54) is 7.11 Å². The molecule has 1 fully saturated rings. The van der Waals surface area contributed by atoms with Gasteiger partial charge in [-0.2, -0.15) is 0 Å². The van der Waals surface area contributed by atoms with Gasteiger partial charge in [-0.25, -0.2) is 4.98 Å². The number of likely N-dealkylation sites (tertiary alicyclic amines) is 1. The summed E-state index contributed by atoms with van der Waals surface area (Å²) >= 11 is 5.94. The molecule has 136 valence electrons. The smallest absolute Gasteiger partial charge is 0.309 e. The predicted molar refractivity (Wildman–Crippen MR) is 97.4 cm³/mol. The minimum Gasteiger partial charge on any atom is -0.469 e. The van der Waals surface area contributed by atoms with Crippen LogP contribution in [0, 0.1) is 17.3 Å². The summed E-state index contributed by atoms with van der Waals surface area (Å²) in [4.78, 5) is 18.5. The molecule has 2 aromatic heterocycles. The van der Waals surface area contributed by atoms with Gasteiger partial charge in [-0.3, -0.25) is 9.69 Å². The number of hydrogen-bond donors (Lipinski definition) is 0. The number of ether oxygens (including phenoxy) is 1. The first-order valence-corrected chi connectivity index (χ1v) is 8.98. The molecule has 0 aliphatic carbocycles. The molecule has 6 heteroatoms. The summed E-state index contributed by atoms with van der Waals surface area (Å²) in [6, 6.07) is 3.80. The molecule has 0 spiro atoms. The van der Waals surface area contributed by atoms with Crippen LogP contribution in [0.2, 0.25) is 5.15 Å². The standard InChI is InChI=1S/C19H25ClN2O3/c1-19(2,3)14-5-13(18(23)24-4)9-22(10-14)11-15-6-12-7-17(20)21-8-16(12)25-15/h6-8,13-14H,5,9-11H2,1-4H3/t13-,14-/m1/s1. The summed E-state index contributed by atoms with van der Waals surface area (Å²) in [7, 11) is 1.46. The number of nitrogens with zero attached hydrogens (tertiary/aromatic N) is 2. The molecule has 0 saturated carbocycles. The Bertz CT molecular complexity index is 766. The third-order valence-electron chi connectivity index (χ3n) is 5.09. The lowest BCUT2D eigenvalue weighted by Gasteiger charge is -2.42. The molecule has 0 aromatic carbocycles. The third-order valence-corrected chi connectivity index (χ3v) is 5.29. The van der Waals surface area contributed by atoms with Crippen LogP contribution in [0.5, 0.6) is 0 Å². The van der Waals surface area contributed by atoms with Crippen LogP contribution in [0.1, 0.15) is 33.0 Å². The van der Waals surface area contributed by atoms with Crippen molar-refractivity contribution in [3.63, 3.8) is 0 Å². The zero-order valence-electron chi connectivity index (χ0n) is 15.2. The Hall–Kier alpha value is -1.59. The van der Waals surface area contributed by atoms with Crippen LogP contribution in [0.3, 0.4) is 0 Å². The Morgan fingerprint density at radius 1 is 1.40 bits per heavy atom. The fourth-order valence-electron chi connectivity index (χ4n) is 3.56. The van der Waals surface area contributed by atoms with Crippen molar-refractivity contribution in [2.75, 3.05) is 20.2 Å². The topological polar surface area (TPSA) is 55.6 Å². The number of furan rings is 1. The number of halogens is 1. The molecule has 0 N–H and O–H groups in total. The van der Waals surface area contributed by atoms with E-state index in [0.717, 1.165) is 29.7 Å². The molecule has 25 heavy (non-hydrogen) atoms. The molecule has 1 aliphatic heterocycles. The molecule has 2 atom stereocenters. The van der Waals surface area contributed by atoms with E-state index in [0.29, 0.717) is 24.2 Å². The van der Waals surface area contributed by atoms with Crippen LogP contribution in [-0.4, -0.2) is 36.1 Å². The van der Waals surface area contributed by atoms with Crippen molar-refractivity contribution in [3.8, 4) is 0 Å². The van der Waals surface area contributed by atoms with Crippen LogP contribution < -0.4 is 0 Å². The molecule has 1 saturated heterocycles. The Balaban J connectivity index is 1.79. The van der Waals surface area contributed by atoms with E-state index in [1.54, 1.807) is 12.3 Å². The normalized spacial score (nSPS) is 22.3. The quantitative estimate of drug-likeness (QED) is 0.605. The molecular weight excluding hydrogens is 340 g/mol. The minimum atomic E-state index is -0.125. The van der Waals surface area contributed by atoms with Crippen molar-refractivity contribution in [2.45, 2.75) is 33.7 Å². The first-order valence-electron chi connectivity index (χ1n) is 8.60. The van der Waals surface area contributed by atoms with Crippen molar-refractivity contribution in [3.05, 3.63) is 29.2 Å². The highest BCUT2D eigenvalue weighted by molar-refractivity contribution is 6.30. The number of carbonyl (C=O) groups is 1. The van der Waals surface area contributed by atoms with Crippen LogP contribution in [0.25, 0.3) is 11.0 Å². The van der Waals surface area contributed by atoms with Gasteiger partial charge in [-0.1, -0.05) is 32.4 Å². The van der Waals surface area contributed by atoms with Crippen molar-refractivity contribution in [1.82, 2.24) is 9.88 Å². The van der Waals surface area contributed by atoms with Gasteiger partial charge in [0.1, 0.15) is 10.9 Å². The van der Waals surface area contributed by atoms with Gasteiger partial charge in [-0.05, 0) is 29.9 Å². The maximum Gasteiger partial charge on any atom is 0.309 e. The molecule has 3 heterocycles. The second kappa shape index (κ2) is 6.96. The zero-order chi connectivity index (χ0) is 18.2. The number of hydrogen-bond acceptors (Lipinski definition) is 5. The van der Waals surface area contributed by atoms with Crippen LogP contribution in [0.4, 0.5) is 0 Å². The van der Waals surface area contributed by atoms with Crippen LogP contribution >= 0.6 is 11.6 Å². The fourth-order valence-corrected chi connectivity index (χ4v) is 3.72. The maximum absolute atomic E-state index is 12.1. The first-order chi connectivity index (χ1) is 11.8. The van der Waals surface area contributed by atoms with Crippen molar-refractivity contribution >= 4 is 28.5 Å². The fraction of sp³-hybridized carbons (Fsp3) is 0.579. The van der Waals surface area contributed by atoms with E-state index in [-0.39, 0.29) is 17.3 Å². The monoisotopic (exact) mass is 364 g/mol. The van der Waals surface area contributed by atoms with E-state index in [1.807, 2.05) is 6.07 Å². The molecule has 5 nitrogen and oxygen atoms in total. The van der Waals surface area contributed by atoms with Crippen molar-refractivity contribution < 1.29 is 13.9 Å². The van der Waals surface area contributed by atoms with E-state index < -0.39 is 0 Å². The largest absolute Gasteiger partial charge is 0.469 e. The highest BCUT2D eigenvalue weighted by atomic mass is 35.5. The number of esters is 1. The number of carbonyl (C=O) groups excluding carboxylic acids is 1. The van der Waals surface area contributed by atoms with Gasteiger partial charge in [-0.15, -0.1) is 0 Å². The highest BCUT2D eigenvalue weighted by Gasteiger charge is 2.37. The summed E-state index contributed by atoms with van der Waals surface area (Å²) in [5.41, 5.74) is 0.865. The molecule has 2 aromatic rings. The molecule has 3 rings (SSSR count). The first kappa shape index (κ1) is 18.2. The van der Waals surface area contributed by atoms with Gasteiger partial charge in [0, 0.05) is 18.5 Å². The Morgan fingerprint density at radius 2 is 2.16 bits per heavy atom. The summed E-state index contributed by atoms with van der Waals surface area (Å²) < 4.78 is 10.9. The average molecular weight is 365 g/mol. The molecular formula is C19H25ClN2O3. The van der Waals surface area contributed by atoms with Gasteiger partial charge >= 0.3 is 5.97 Å². The highest BCUT2D eigenvalue weighted by Crippen LogP contribution is 2.36. The van der Waals surface area contributed by atoms with Gasteiger partial charge in [0.25, 0.3) is 0 Å². The van der Waals surface area contributed by atoms with E-state index in [4.69, 9.17) is 20.8 Å². The Kier molecular flexibility index (Phi) is 5.07. The average Bonchev–Trinajstić information content (AvgIpc) is 2.94. The second-order valence-electron chi connectivity index (χ2n) is 7.97. The zero-order valence-corrected chi connectivity index (χ0v) is 16.0. The van der Waals surface area contributed by atoms with Crippen molar-refractivity contribution in [2.24, 2.45) is 17.3 Å².